The molecule has 38 heavy (non-hydrogen) atoms. The van der Waals surface area contributed by atoms with E-state index in [0.717, 1.165) is 42.9 Å². The summed E-state index contributed by atoms with van der Waals surface area (Å²) in [7, 11) is 6.36. The lowest BCUT2D eigenvalue weighted by Crippen LogP contribution is -2.45. The van der Waals surface area contributed by atoms with Gasteiger partial charge in [-0.1, -0.05) is 42.5 Å². The van der Waals surface area contributed by atoms with Crippen LogP contribution in [0.3, 0.4) is 0 Å². The Bertz CT molecular complexity index is 1360. The van der Waals surface area contributed by atoms with Crippen LogP contribution in [0.2, 0.25) is 0 Å². The van der Waals surface area contributed by atoms with Gasteiger partial charge in [-0.3, -0.25) is 4.79 Å². The fraction of sp³-hybridized carbons (Fsp3) is 0.323. The third-order valence-electron chi connectivity index (χ3n) is 7.22. The Morgan fingerprint density at radius 1 is 1.00 bits per heavy atom. The molecule has 0 aliphatic carbocycles. The molecule has 3 aromatic rings. The van der Waals surface area contributed by atoms with Gasteiger partial charge in [-0.2, -0.15) is 10.4 Å². The molecule has 3 aromatic carbocycles. The first-order valence-electron chi connectivity index (χ1n) is 13.0. The fourth-order valence-corrected chi connectivity index (χ4v) is 4.90. The highest BCUT2D eigenvalue weighted by atomic mass is 16.5. The van der Waals surface area contributed by atoms with Crippen LogP contribution in [0.5, 0.6) is 5.75 Å². The van der Waals surface area contributed by atoms with E-state index in [2.05, 4.69) is 61.3 Å². The third-order valence-corrected chi connectivity index (χ3v) is 7.22. The Balaban J connectivity index is 1.34. The molecule has 5 rings (SSSR count). The Morgan fingerprint density at radius 3 is 2.45 bits per heavy atom. The molecule has 2 unspecified atom stereocenters. The molecular weight excluding hydrogens is 474 g/mol. The second-order valence-corrected chi connectivity index (χ2v) is 10.3. The number of ketones is 1. The number of para-hydroxylation sites is 1. The molecular formula is C31H33N5O2. The summed E-state index contributed by atoms with van der Waals surface area (Å²) in [6, 6.07) is 25.2. The van der Waals surface area contributed by atoms with E-state index >= 15 is 0 Å². The van der Waals surface area contributed by atoms with E-state index in [9.17, 15) is 4.79 Å². The first-order chi connectivity index (χ1) is 18.4. The lowest BCUT2D eigenvalue weighted by molar-refractivity contribution is -0.00455. The summed E-state index contributed by atoms with van der Waals surface area (Å²) in [6.07, 6.45) is 0.829. The second-order valence-electron chi connectivity index (χ2n) is 10.3. The SMILES string of the molecule is CN(C)CCN(C)CCc1ccc(C2=NN3C(C(=O)c4ccc(C#N)cc4)Oc4ccccc4C3C2)cc1. The summed E-state index contributed by atoms with van der Waals surface area (Å²) in [4.78, 5) is 18.1. The van der Waals surface area contributed by atoms with Crippen molar-refractivity contribution in [3.8, 4) is 11.8 Å². The number of rotatable bonds is 9. The van der Waals surface area contributed by atoms with E-state index in [0.29, 0.717) is 23.3 Å². The van der Waals surface area contributed by atoms with Crippen LogP contribution in [0, 0.1) is 11.3 Å². The van der Waals surface area contributed by atoms with Crippen LogP contribution < -0.4 is 4.74 Å². The van der Waals surface area contributed by atoms with Crippen molar-refractivity contribution in [1.29, 1.82) is 5.26 Å². The van der Waals surface area contributed by atoms with E-state index in [-0.39, 0.29) is 11.8 Å². The Hall–Kier alpha value is -3.99. The predicted molar refractivity (Wildman–Crippen MR) is 148 cm³/mol. The highest BCUT2D eigenvalue weighted by molar-refractivity contribution is 6.03. The molecule has 0 N–H and O–H groups in total. The van der Waals surface area contributed by atoms with Crippen LogP contribution in [0.1, 0.15) is 45.1 Å². The number of hydrogen-bond acceptors (Lipinski definition) is 7. The number of carbonyl (C=O) groups excluding carboxylic acids is 1. The minimum Gasteiger partial charge on any atom is -0.461 e. The zero-order chi connectivity index (χ0) is 26.6. The quantitative estimate of drug-likeness (QED) is 0.401. The maximum absolute atomic E-state index is 13.5. The van der Waals surface area contributed by atoms with Crippen molar-refractivity contribution in [2.75, 3.05) is 40.8 Å². The number of carbonyl (C=O) groups is 1. The highest BCUT2D eigenvalue weighted by Crippen LogP contribution is 2.43. The number of nitriles is 1. The molecule has 2 heterocycles. The van der Waals surface area contributed by atoms with Gasteiger partial charge in [-0.05, 0) is 69.0 Å². The van der Waals surface area contributed by atoms with Gasteiger partial charge < -0.3 is 14.5 Å². The minimum absolute atomic E-state index is 0.0766. The van der Waals surface area contributed by atoms with Crippen molar-refractivity contribution in [3.05, 3.63) is 101 Å². The minimum atomic E-state index is -0.864. The van der Waals surface area contributed by atoms with Gasteiger partial charge in [0, 0.05) is 37.2 Å². The molecule has 0 bridgehead atoms. The molecule has 0 aromatic heterocycles. The van der Waals surface area contributed by atoms with Crippen LogP contribution in [-0.4, -0.2) is 73.3 Å². The monoisotopic (exact) mass is 507 g/mol. The predicted octanol–water partition coefficient (Wildman–Crippen LogP) is 4.35. The van der Waals surface area contributed by atoms with Gasteiger partial charge in [0.05, 0.1) is 23.4 Å². The molecule has 194 valence electrons. The standard InChI is InChI=1S/C31H33N5O2/c1-34(2)18-19-35(3)17-16-22-8-12-24(13-9-22)27-20-28-26-6-4-5-7-29(26)38-31(36(28)33-27)30(37)25-14-10-23(21-32)11-15-25/h4-15,28,31H,16-20H2,1-3H3. The zero-order valence-electron chi connectivity index (χ0n) is 22.2. The Morgan fingerprint density at radius 2 is 1.74 bits per heavy atom. The van der Waals surface area contributed by atoms with E-state index in [1.807, 2.05) is 29.3 Å². The summed E-state index contributed by atoms with van der Waals surface area (Å²) < 4.78 is 6.21. The molecule has 0 fully saturated rings. The molecule has 0 saturated heterocycles. The number of benzene rings is 3. The van der Waals surface area contributed by atoms with Gasteiger partial charge in [-0.15, -0.1) is 0 Å². The van der Waals surface area contributed by atoms with Crippen molar-refractivity contribution >= 4 is 11.5 Å². The molecule has 7 heteroatoms. The van der Waals surface area contributed by atoms with Gasteiger partial charge in [-0.25, -0.2) is 5.01 Å². The molecule has 0 spiro atoms. The van der Waals surface area contributed by atoms with E-state index in [4.69, 9.17) is 15.1 Å². The lowest BCUT2D eigenvalue weighted by atomic mass is 9.95. The first kappa shape index (κ1) is 25.7. The molecule has 0 radical (unpaired) electrons. The number of nitrogens with zero attached hydrogens (tertiary/aromatic N) is 5. The van der Waals surface area contributed by atoms with Crippen LogP contribution in [0.15, 0.2) is 77.9 Å². The summed E-state index contributed by atoms with van der Waals surface area (Å²) in [6.45, 7) is 3.11. The topological polar surface area (TPSA) is 72.2 Å². The summed E-state index contributed by atoms with van der Waals surface area (Å²) in [5.74, 6) is 0.540. The van der Waals surface area contributed by atoms with E-state index in [1.165, 1.54) is 5.56 Å². The number of hydrazone groups is 1. The molecule has 0 amide bonds. The fourth-order valence-electron chi connectivity index (χ4n) is 4.90. The average Bonchev–Trinajstić information content (AvgIpc) is 3.40. The number of ether oxygens (including phenoxy) is 1. The number of hydrogen-bond donors (Lipinski definition) is 0. The largest absolute Gasteiger partial charge is 0.461 e. The van der Waals surface area contributed by atoms with Crippen LogP contribution in [0.25, 0.3) is 0 Å². The Labute approximate surface area is 224 Å². The zero-order valence-corrected chi connectivity index (χ0v) is 22.2. The maximum Gasteiger partial charge on any atom is 0.251 e. The van der Waals surface area contributed by atoms with Crippen molar-refractivity contribution in [2.45, 2.75) is 25.1 Å². The van der Waals surface area contributed by atoms with E-state index < -0.39 is 6.23 Å². The smallest absolute Gasteiger partial charge is 0.251 e. The van der Waals surface area contributed by atoms with Crippen LogP contribution >= 0.6 is 0 Å². The number of likely N-dealkylation sites (N-methyl/N-ethyl adjacent to an activating group) is 2. The molecule has 0 saturated carbocycles. The first-order valence-corrected chi connectivity index (χ1v) is 13.0. The summed E-state index contributed by atoms with van der Waals surface area (Å²) in [5.41, 5.74) is 5.35. The van der Waals surface area contributed by atoms with Gasteiger partial charge >= 0.3 is 0 Å². The Kier molecular flexibility index (Phi) is 7.54. The normalized spacial score (nSPS) is 18.0. The average molecular weight is 508 g/mol. The molecule has 7 nitrogen and oxygen atoms in total. The van der Waals surface area contributed by atoms with Gasteiger partial charge in [0.1, 0.15) is 5.75 Å². The number of fused-ring (bicyclic) bond motifs is 3. The molecule has 2 atom stereocenters. The van der Waals surface area contributed by atoms with Gasteiger partial charge in [0.2, 0.25) is 5.78 Å². The molecule has 2 aliphatic heterocycles. The van der Waals surface area contributed by atoms with Crippen LogP contribution in [-0.2, 0) is 6.42 Å². The van der Waals surface area contributed by atoms with Crippen molar-refractivity contribution in [1.82, 2.24) is 14.8 Å². The van der Waals surface area contributed by atoms with Crippen molar-refractivity contribution in [3.63, 3.8) is 0 Å². The maximum atomic E-state index is 13.5. The van der Waals surface area contributed by atoms with Crippen molar-refractivity contribution < 1.29 is 9.53 Å². The summed E-state index contributed by atoms with van der Waals surface area (Å²) >= 11 is 0. The number of Topliss-reactive ketones (excluding diaryl/α,β-unsaturated/α-hetero) is 1. The van der Waals surface area contributed by atoms with Gasteiger partial charge in [0.15, 0.2) is 0 Å². The molecule has 2 aliphatic rings. The van der Waals surface area contributed by atoms with Crippen LogP contribution in [0.4, 0.5) is 0 Å². The summed E-state index contributed by atoms with van der Waals surface area (Å²) in [5, 5.41) is 15.8. The van der Waals surface area contributed by atoms with Gasteiger partial charge in [0.25, 0.3) is 6.23 Å². The third kappa shape index (κ3) is 5.47. The second kappa shape index (κ2) is 11.2. The highest BCUT2D eigenvalue weighted by Gasteiger charge is 2.43. The lowest BCUT2D eigenvalue weighted by Gasteiger charge is -2.37. The van der Waals surface area contributed by atoms with Crippen molar-refractivity contribution in [2.24, 2.45) is 5.10 Å². The van der Waals surface area contributed by atoms with E-state index in [1.54, 1.807) is 24.3 Å².